The lowest BCUT2D eigenvalue weighted by Crippen LogP contribution is -2.21. The van der Waals surface area contributed by atoms with Crippen LogP contribution in [0.25, 0.3) is 11.3 Å². The van der Waals surface area contributed by atoms with Crippen molar-refractivity contribution in [2.45, 2.75) is 31.6 Å². The number of carboxylic acid groups (broad SMARTS) is 1. The molecule has 8 nitrogen and oxygen atoms in total. The molecule has 0 fully saturated rings. The summed E-state index contributed by atoms with van der Waals surface area (Å²) in [4.78, 5) is 8.90. The van der Waals surface area contributed by atoms with E-state index in [1.54, 1.807) is 0 Å². The van der Waals surface area contributed by atoms with Gasteiger partial charge in [-0.3, -0.25) is 5.10 Å². The molecule has 2 heterocycles. The van der Waals surface area contributed by atoms with Gasteiger partial charge >= 0.3 is 12.1 Å². The Morgan fingerprint density at radius 3 is 2.32 bits per heavy atom. The van der Waals surface area contributed by atoms with Crippen molar-refractivity contribution in [2.75, 3.05) is 0 Å². The number of carbonyl (C=O) groups is 1. The quantitative estimate of drug-likeness (QED) is 0.374. The van der Waals surface area contributed by atoms with E-state index in [9.17, 15) is 13.2 Å². The molecule has 0 aliphatic rings. The lowest BCUT2D eigenvalue weighted by Gasteiger charge is -2.10. The first-order chi connectivity index (χ1) is 16.2. The normalized spacial score (nSPS) is 12.0. The maximum Gasteiger partial charge on any atom is 0.490 e. The minimum Gasteiger partial charge on any atom is -0.475 e. The fourth-order valence-corrected chi connectivity index (χ4v) is 3.07. The standard InChI is InChI=1S/C21H22N6.C2HF3O2/c22-20(16-7-3-1-4-8-16)12-11-18-14-27(26-24-18)15-19-13-21(25-23-19)17-9-5-2-6-10-17;3-2(4,5)1(6)7/h1-10,13-14,20H,11-12,15,22H2,(H,23,25);(H,6,7). The molecule has 0 aliphatic carbocycles. The van der Waals surface area contributed by atoms with Crippen LogP contribution >= 0.6 is 0 Å². The average Bonchev–Trinajstić information content (AvgIpc) is 3.48. The van der Waals surface area contributed by atoms with E-state index in [-0.39, 0.29) is 6.04 Å². The number of carboxylic acids is 1. The van der Waals surface area contributed by atoms with Gasteiger partial charge in [0.05, 0.1) is 23.6 Å². The summed E-state index contributed by atoms with van der Waals surface area (Å²) < 4.78 is 33.6. The molecule has 4 aromatic rings. The molecular formula is C23H23F3N6O2. The molecule has 0 bridgehead atoms. The Hall–Kier alpha value is -3.99. The van der Waals surface area contributed by atoms with Gasteiger partial charge < -0.3 is 10.8 Å². The van der Waals surface area contributed by atoms with Crippen molar-refractivity contribution in [1.29, 1.82) is 0 Å². The number of nitrogens with one attached hydrogen (secondary N) is 1. The van der Waals surface area contributed by atoms with Crippen LogP contribution in [0.3, 0.4) is 0 Å². The number of benzene rings is 2. The molecule has 2 aromatic carbocycles. The third kappa shape index (κ3) is 7.27. The van der Waals surface area contributed by atoms with Crippen molar-refractivity contribution >= 4 is 5.97 Å². The maximum absolute atomic E-state index is 10.6. The molecule has 2 aromatic heterocycles. The van der Waals surface area contributed by atoms with Crippen molar-refractivity contribution in [3.05, 3.63) is 89.9 Å². The third-order valence-electron chi connectivity index (χ3n) is 4.80. The SMILES string of the molecule is NC(CCc1cn(Cc2cc(-c3ccccc3)n[nH]2)nn1)c1ccccc1.O=C(O)C(F)(F)F. The second kappa shape index (κ2) is 11.2. The number of nitrogens with zero attached hydrogens (tertiary/aromatic N) is 4. The van der Waals surface area contributed by atoms with Gasteiger partial charge in [-0.1, -0.05) is 65.9 Å². The number of nitrogens with two attached hydrogens (primary N) is 1. The molecule has 0 saturated carbocycles. The fourth-order valence-electron chi connectivity index (χ4n) is 3.07. The molecule has 0 amide bonds. The summed E-state index contributed by atoms with van der Waals surface area (Å²) in [5.74, 6) is -2.76. The van der Waals surface area contributed by atoms with Crippen LogP contribution in [0.5, 0.6) is 0 Å². The van der Waals surface area contributed by atoms with Crippen LogP contribution in [0.1, 0.15) is 29.4 Å². The zero-order valence-electron chi connectivity index (χ0n) is 18.0. The highest BCUT2D eigenvalue weighted by Crippen LogP contribution is 2.18. The van der Waals surface area contributed by atoms with Crippen LogP contribution < -0.4 is 5.73 Å². The molecule has 4 rings (SSSR count). The Balaban J connectivity index is 0.000000406. The Morgan fingerprint density at radius 2 is 1.71 bits per heavy atom. The van der Waals surface area contributed by atoms with Gasteiger partial charge in [-0.25, -0.2) is 9.48 Å². The summed E-state index contributed by atoms with van der Waals surface area (Å²) in [7, 11) is 0. The number of hydrogen-bond donors (Lipinski definition) is 3. The van der Waals surface area contributed by atoms with E-state index >= 15 is 0 Å². The first-order valence-corrected chi connectivity index (χ1v) is 10.3. The summed E-state index contributed by atoms with van der Waals surface area (Å²) in [6.45, 7) is 0.609. The molecule has 11 heteroatoms. The number of alkyl halides is 3. The number of H-pyrrole nitrogens is 1. The summed E-state index contributed by atoms with van der Waals surface area (Å²) in [6, 6.07) is 22.3. The zero-order valence-corrected chi connectivity index (χ0v) is 18.0. The van der Waals surface area contributed by atoms with Crippen molar-refractivity contribution in [2.24, 2.45) is 5.73 Å². The van der Waals surface area contributed by atoms with Gasteiger partial charge in [0.15, 0.2) is 0 Å². The highest BCUT2D eigenvalue weighted by Gasteiger charge is 2.38. The molecule has 34 heavy (non-hydrogen) atoms. The minimum absolute atomic E-state index is 0.0115. The van der Waals surface area contributed by atoms with E-state index in [4.69, 9.17) is 15.6 Å². The van der Waals surface area contributed by atoms with E-state index in [0.29, 0.717) is 6.54 Å². The largest absolute Gasteiger partial charge is 0.490 e. The number of hydrogen-bond acceptors (Lipinski definition) is 5. The minimum atomic E-state index is -5.08. The number of aryl methyl sites for hydroxylation is 1. The first-order valence-electron chi connectivity index (χ1n) is 10.3. The monoisotopic (exact) mass is 472 g/mol. The molecule has 1 unspecified atom stereocenters. The summed E-state index contributed by atoms with van der Waals surface area (Å²) in [5.41, 5.74) is 11.4. The molecule has 0 spiro atoms. The Bertz CT molecular complexity index is 1180. The molecule has 0 aliphatic heterocycles. The van der Waals surface area contributed by atoms with E-state index in [0.717, 1.165) is 41.1 Å². The van der Waals surface area contributed by atoms with Crippen LogP contribution in [-0.2, 0) is 17.8 Å². The number of halogens is 3. The topological polar surface area (TPSA) is 123 Å². The van der Waals surface area contributed by atoms with E-state index < -0.39 is 12.1 Å². The van der Waals surface area contributed by atoms with Gasteiger partial charge in [-0.05, 0) is 24.5 Å². The van der Waals surface area contributed by atoms with Gasteiger partial charge in [0.1, 0.15) is 0 Å². The Morgan fingerprint density at radius 1 is 1.09 bits per heavy atom. The highest BCUT2D eigenvalue weighted by molar-refractivity contribution is 5.73. The summed E-state index contributed by atoms with van der Waals surface area (Å²) in [5, 5.41) is 23.1. The second-order valence-corrected chi connectivity index (χ2v) is 7.41. The van der Waals surface area contributed by atoms with Gasteiger partial charge in [-0.2, -0.15) is 18.3 Å². The highest BCUT2D eigenvalue weighted by atomic mass is 19.4. The van der Waals surface area contributed by atoms with Crippen LogP contribution in [0, 0.1) is 0 Å². The van der Waals surface area contributed by atoms with Crippen LogP contribution in [-0.4, -0.2) is 42.4 Å². The number of aromatic amines is 1. The van der Waals surface area contributed by atoms with E-state index in [2.05, 4.69) is 32.6 Å². The molecule has 0 radical (unpaired) electrons. The molecule has 4 N–H and O–H groups in total. The van der Waals surface area contributed by atoms with Crippen molar-refractivity contribution in [3.63, 3.8) is 0 Å². The lowest BCUT2D eigenvalue weighted by atomic mass is 10.0. The second-order valence-electron chi connectivity index (χ2n) is 7.41. The van der Waals surface area contributed by atoms with Crippen molar-refractivity contribution in [1.82, 2.24) is 25.2 Å². The Labute approximate surface area is 193 Å². The molecule has 0 saturated heterocycles. The fraction of sp³-hybridized carbons (Fsp3) is 0.217. The van der Waals surface area contributed by atoms with Crippen LogP contribution in [0.15, 0.2) is 72.9 Å². The van der Waals surface area contributed by atoms with Crippen molar-refractivity contribution < 1.29 is 23.1 Å². The van der Waals surface area contributed by atoms with E-state index in [1.165, 1.54) is 0 Å². The van der Waals surface area contributed by atoms with Gasteiger partial charge in [0.25, 0.3) is 0 Å². The zero-order chi connectivity index (χ0) is 24.6. The average molecular weight is 472 g/mol. The van der Waals surface area contributed by atoms with Crippen molar-refractivity contribution in [3.8, 4) is 11.3 Å². The van der Waals surface area contributed by atoms with Crippen LogP contribution in [0.2, 0.25) is 0 Å². The Kier molecular flexibility index (Phi) is 8.14. The molecular weight excluding hydrogens is 449 g/mol. The molecule has 178 valence electrons. The first kappa shape index (κ1) is 24.6. The predicted molar refractivity (Wildman–Crippen MR) is 119 cm³/mol. The predicted octanol–water partition coefficient (Wildman–Crippen LogP) is 3.98. The molecule has 1 atom stereocenters. The van der Waals surface area contributed by atoms with Gasteiger partial charge in [-0.15, -0.1) is 5.10 Å². The number of aliphatic carboxylic acids is 1. The van der Waals surface area contributed by atoms with Gasteiger partial charge in [0, 0.05) is 17.8 Å². The summed E-state index contributed by atoms with van der Waals surface area (Å²) in [6.07, 6.45) is -1.47. The number of aromatic nitrogens is 5. The maximum atomic E-state index is 10.6. The lowest BCUT2D eigenvalue weighted by molar-refractivity contribution is -0.192. The third-order valence-corrected chi connectivity index (χ3v) is 4.80. The summed E-state index contributed by atoms with van der Waals surface area (Å²) >= 11 is 0. The van der Waals surface area contributed by atoms with E-state index in [1.807, 2.05) is 65.5 Å². The number of rotatable bonds is 7. The smallest absolute Gasteiger partial charge is 0.475 e. The van der Waals surface area contributed by atoms with Crippen LogP contribution in [0.4, 0.5) is 13.2 Å². The van der Waals surface area contributed by atoms with Gasteiger partial charge in [0.2, 0.25) is 0 Å².